The third-order valence-corrected chi connectivity index (χ3v) is 7.04. The Bertz CT molecular complexity index is 1780. The maximum atomic E-state index is 13.4. The van der Waals surface area contributed by atoms with Crippen LogP contribution in [0.3, 0.4) is 0 Å². The second-order valence-electron chi connectivity index (χ2n) is 10.2. The number of aryl methyl sites for hydroxylation is 2. The van der Waals surface area contributed by atoms with E-state index in [-0.39, 0.29) is 35.1 Å². The number of nitrogens with zero attached hydrogens (tertiary/aromatic N) is 4. The molecule has 8 nitrogen and oxygen atoms in total. The second-order valence-corrected chi connectivity index (χ2v) is 10.2. The summed E-state index contributed by atoms with van der Waals surface area (Å²) in [7, 11) is 1.64. The van der Waals surface area contributed by atoms with E-state index >= 15 is 0 Å². The molecule has 0 radical (unpaired) electrons. The summed E-state index contributed by atoms with van der Waals surface area (Å²) in [6.07, 6.45) is 5.87. The normalized spacial score (nSPS) is 11.2. The number of methoxy groups -OCH3 is 1. The molecule has 0 aliphatic rings. The zero-order valence-corrected chi connectivity index (χ0v) is 23.8. The van der Waals surface area contributed by atoms with E-state index in [1.54, 1.807) is 37.7 Å². The number of Topliss-reactive ketones (excluding diaryl/α,β-unsaturated/α-hetero) is 1. The van der Waals surface area contributed by atoms with Crippen LogP contribution in [0.25, 0.3) is 22.0 Å². The van der Waals surface area contributed by atoms with Crippen molar-refractivity contribution in [3.63, 3.8) is 0 Å². The zero-order chi connectivity index (χ0) is 29.1. The number of pyridine rings is 2. The number of aromatic nitrogens is 4. The molecule has 2 aromatic carbocycles. The summed E-state index contributed by atoms with van der Waals surface area (Å²) in [5.74, 6) is 1.29. The van der Waals surface area contributed by atoms with Crippen molar-refractivity contribution in [2.75, 3.05) is 7.11 Å². The van der Waals surface area contributed by atoms with Crippen LogP contribution in [-0.2, 0) is 12.8 Å². The fourth-order valence-electron chi connectivity index (χ4n) is 4.65. The Kier molecular flexibility index (Phi) is 7.92. The number of fused-ring (bicyclic) bond motifs is 1. The zero-order valence-electron chi connectivity index (χ0n) is 23.8. The molecule has 3 aromatic heterocycles. The molecule has 0 unspecified atom stereocenters. The summed E-state index contributed by atoms with van der Waals surface area (Å²) in [6.45, 7) is 8.07. The molecule has 0 fully saturated rings. The molecule has 41 heavy (non-hydrogen) atoms. The van der Waals surface area contributed by atoms with Gasteiger partial charge in [0.15, 0.2) is 11.2 Å². The van der Waals surface area contributed by atoms with Crippen LogP contribution in [0.15, 0.2) is 78.0 Å². The number of rotatable bonds is 9. The Morgan fingerprint density at radius 1 is 0.976 bits per heavy atom. The van der Waals surface area contributed by atoms with E-state index in [9.17, 15) is 9.59 Å². The minimum atomic E-state index is -0.319. The van der Waals surface area contributed by atoms with Crippen molar-refractivity contribution >= 4 is 16.7 Å². The van der Waals surface area contributed by atoms with E-state index in [4.69, 9.17) is 9.47 Å². The lowest BCUT2D eigenvalue weighted by Crippen LogP contribution is -2.22. The van der Waals surface area contributed by atoms with Crippen molar-refractivity contribution in [2.24, 2.45) is 0 Å². The minimum absolute atomic E-state index is 0.0624. The standard InChI is InChI=1S/C33H32N4O4/c1-6-22-15-28-25(17-31(22)40-5)30(13-14-34-28)41-32-12-11-24(35-36-32)16-29(38)27-19-37(20(2)3)18-26(33(27)39)23-9-7-21(4)8-10-23/h7-15,17-20H,6,16H2,1-5H3. The monoisotopic (exact) mass is 548 g/mol. The van der Waals surface area contributed by atoms with E-state index < -0.39 is 0 Å². The molecule has 0 spiro atoms. The Balaban J connectivity index is 1.39. The van der Waals surface area contributed by atoms with Gasteiger partial charge >= 0.3 is 0 Å². The molecule has 5 rings (SSSR count). The molecular formula is C33H32N4O4. The van der Waals surface area contributed by atoms with Crippen LogP contribution >= 0.6 is 0 Å². The van der Waals surface area contributed by atoms with E-state index in [1.807, 2.05) is 67.9 Å². The largest absolute Gasteiger partial charge is 0.496 e. The lowest BCUT2D eigenvalue weighted by Gasteiger charge is -2.15. The van der Waals surface area contributed by atoms with Gasteiger partial charge in [-0.05, 0) is 62.6 Å². The van der Waals surface area contributed by atoms with Gasteiger partial charge in [0.05, 0.1) is 30.3 Å². The molecular weight excluding hydrogens is 516 g/mol. The average Bonchev–Trinajstić information content (AvgIpc) is 2.98. The minimum Gasteiger partial charge on any atom is -0.496 e. The Morgan fingerprint density at radius 2 is 1.76 bits per heavy atom. The number of ketones is 1. The quantitative estimate of drug-likeness (QED) is 0.193. The maximum absolute atomic E-state index is 13.4. The Labute approximate surface area is 238 Å². The van der Waals surface area contributed by atoms with Gasteiger partial charge in [0.1, 0.15) is 11.5 Å². The highest BCUT2D eigenvalue weighted by molar-refractivity contribution is 5.98. The predicted octanol–water partition coefficient (Wildman–Crippen LogP) is 6.53. The van der Waals surface area contributed by atoms with Crippen LogP contribution in [0.2, 0.25) is 0 Å². The number of carbonyl (C=O) groups is 1. The van der Waals surface area contributed by atoms with Crippen LogP contribution in [0, 0.1) is 6.92 Å². The number of carbonyl (C=O) groups excluding carboxylic acids is 1. The van der Waals surface area contributed by atoms with Gasteiger partial charge in [0, 0.05) is 41.6 Å². The van der Waals surface area contributed by atoms with Gasteiger partial charge in [-0.15, -0.1) is 5.10 Å². The van der Waals surface area contributed by atoms with Gasteiger partial charge in [-0.3, -0.25) is 14.6 Å². The van der Waals surface area contributed by atoms with Crippen molar-refractivity contribution in [2.45, 2.75) is 46.6 Å². The topological polar surface area (TPSA) is 96.2 Å². The SMILES string of the molecule is CCc1cc2nccc(Oc3ccc(CC(=O)c4cn(C(C)C)cc(-c5ccc(C)cc5)c4=O)nn3)c2cc1OC. The summed E-state index contributed by atoms with van der Waals surface area (Å²) in [5.41, 5.74) is 4.48. The molecule has 0 saturated heterocycles. The number of benzene rings is 2. The third kappa shape index (κ3) is 5.87. The Hall–Kier alpha value is -4.85. The molecule has 0 bridgehead atoms. The lowest BCUT2D eigenvalue weighted by atomic mass is 10.0. The van der Waals surface area contributed by atoms with Crippen LogP contribution in [-0.4, -0.2) is 32.6 Å². The molecule has 3 heterocycles. The summed E-state index contributed by atoms with van der Waals surface area (Å²) >= 11 is 0. The van der Waals surface area contributed by atoms with Crippen molar-refractivity contribution in [3.8, 4) is 28.5 Å². The van der Waals surface area contributed by atoms with Crippen LogP contribution in [0.5, 0.6) is 17.4 Å². The maximum Gasteiger partial charge on any atom is 0.238 e. The lowest BCUT2D eigenvalue weighted by molar-refractivity contribution is 0.0989. The van der Waals surface area contributed by atoms with Gasteiger partial charge in [0.2, 0.25) is 5.88 Å². The highest BCUT2D eigenvalue weighted by atomic mass is 16.5. The summed E-state index contributed by atoms with van der Waals surface area (Å²) in [6, 6.07) is 16.8. The van der Waals surface area contributed by atoms with Crippen molar-refractivity contribution in [1.29, 1.82) is 0 Å². The van der Waals surface area contributed by atoms with Crippen LogP contribution in [0.4, 0.5) is 0 Å². The second kappa shape index (κ2) is 11.7. The fourth-order valence-corrected chi connectivity index (χ4v) is 4.65. The molecule has 8 heteroatoms. The first kappa shape index (κ1) is 27.7. The molecule has 0 atom stereocenters. The van der Waals surface area contributed by atoms with Gasteiger partial charge in [-0.2, -0.15) is 5.10 Å². The first-order valence-electron chi connectivity index (χ1n) is 13.6. The predicted molar refractivity (Wildman–Crippen MR) is 159 cm³/mol. The first-order valence-corrected chi connectivity index (χ1v) is 13.6. The van der Waals surface area contributed by atoms with Gasteiger partial charge < -0.3 is 14.0 Å². The van der Waals surface area contributed by atoms with Gasteiger partial charge in [0.25, 0.3) is 0 Å². The molecule has 0 N–H and O–H groups in total. The Morgan fingerprint density at radius 3 is 2.41 bits per heavy atom. The number of ether oxygens (including phenoxy) is 2. The highest BCUT2D eigenvalue weighted by Gasteiger charge is 2.18. The number of hydrogen-bond donors (Lipinski definition) is 0. The first-order chi connectivity index (χ1) is 19.8. The summed E-state index contributed by atoms with van der Waals surface area (Å²) in [5, 5.41) is 9.19. The fraction of sp³-hybridized carbons (Fsp3) is 0.242. The number of hydrogen-bond acceptors (Lipinski definition) is 7. The molecule has 208 valence electrons. The van der Waals surface area contributed by atoms with Crippen molar-refractivity contribution in [3.05, 3.63) is 106 Å². The molecule has 0 aliphatic carbocycles. The van der Waals surface area contributed by atoms with E-state index in [0.29, 0.717) is 17.0 Å². The smallest absolute Gasteiger partial charge is 0.238 e. The average molecular weight is 549 g/mol. The molecule has 0 aliphatic heterocycles. The van der Waals surface area contributed by atoms with Crippen LogP contribution in [0.1, 0.15) is 54.0 Å². The molecule has 0 saturated carbocycles. The van der Waals surface area contributed by atoms with E-state index in [1.165, 1.54) is 0 Å². The summed E-state index contributed by atoms with van der Waals surface area (Å²) in [4.78, 5) is 31.2. The van der Waals surface area contributed by atoms with Crippen molar-refractivity contribution in [1.82, 2.24) is 19.7 Å². The molecule has 0 amide bonds. The van der Waals surface area contributed by atoms with E-state index in [0.717, 1.165) is 39.8 Å². The molecule has 5 aromatic rings. The van der Waals surface area contributed by atoms with Gasteiger partial charge in [-0.1, -0.05) is 36.8 Å². The van der Waals surface area contributed by atoms with Crippen LogP contribution < -0.4 is 14.9 Å². The summed E-state index contributed by atoms with van der Waals surface area (Å²) < 4.78 is 13.5. The van der Waals surface area contributed by atoms with Crippen molar-refractivity contribution < 1.29 is 14.3 Å². The van der Waals surface area contributed by atoms with E-state index in [2.05, 4.69) is 22.1 Å². The third-order valence-electron chi connectivity index (χ3n) is 7.04. The van der Waals surface area contributed by atoms with Gasteiger partial charge in [-0.25, -0.2) is 0 Å². The highest BCUT2D eigenvalue weighted by Crippen LogP contribution is 2.33.